The van der Waals surface area contributed by atoms with Crippen LogP contribution in [0.2, 0.25) is 0 Å². The molecule has 0 heterocycles. The van der Waals surface area contributed by atoms with Gasteiger partial charge in [-0.2, -0.15) is 0 Å². The molecule has 2 amide bonds. The minimum Gasteiger partial charge on any atom is -0.347 e. The summed E-state index contributed by atoms with van der Waals surface area (Å²) >= 11 is 0. The van der Waals surface area contributed by atoms with Gasteiger partial charge in [0.05, 0.1) is 0 Å². The van der Waals surface area contributed by atoms with E-state index >= 15 is 0 Å². The second-order valence-corrected chi connectivity index (χ2v) is 6.44. The second-order valence-electron chi connectivity index (χ2n) is 6.44. The third-order valence-electron chi connectivity index (χ3n) is 4.35. The number of carbonyl (C=O) groups is 2. The molecule has 1 rings (SSSR count). The summed E-state index contributed by atoms with van der Waals surface area (Å²) in [5.41, 5.74) is -0.421. The Bertz CT molecular complexity index is 405. The van der Waals surface area contributed by atoms with Gasteiger partial charge in [-0.05, 0) is 64.5 Å². The molecule has 0 aromatic rings. The zero-order valence-electron chi connectivity index (χ0n) is 12.8. The minimum atomic E-state index is -0.255. The monoisotopic (exact) mass is 278 g/mol. The number of amides is 2. The molecule has 0 radical (unpaired) electrons. The summed E-state index contributed by atoms with van der Waals surface area (Å²) in [5, 5.41) is 6.00. The van der Waals surface area contributed by atoms with Crippen LogP contribution in [0.3, 0.4) is 0 Å². The van der Waals surface area contributed by atoms with Gasteiger partial charge in [0.1, 0.15) is 0 Å². The third kappa shape index (κ3) is 4.22. The van der Waals surface area contributed by atoms with Gasteiger partial charge in [-0.1, -0.05) is 13.2 Å². The predicted octanol–water partition coefficient (Wildman–Crippen LogP) is 2.32. The Balaban J connectivity index is 2.60. The molecule has 0 unspecified atom stereocenters. The van der Waals surface area contributed by atoms with E-state index in [1.807, 2.05) is 13.8 Å². The van der Waals surface area contributed by atoms with Gasteiger partial charge in [0.2, 0.25) is 11.8 Å². The van der Waals surface area contributed by atoms with Crippen molar-refractivity contribution in [1.82, 2.24) is 10.6 Å². The van der Waals surface area contributed by atoms with Gasteiger partial charge in [-0.25, -0.2) is 0 Å². The van der Waals surface area contributed by atoms with Crippen LogP contribution in [-0.2, 0) is 9.59 Å². The van der Waals surface area contributed by atoms with Gasteiger partial charge in [0.25, 0.3) is 0 Å². The van der Waals surface area contributed by atoms with E-state index in [9.17, 15) is 9.59 Å². The van der Waals surface area contributed by atoms with Crippen molar-refractivity contribution in [2.45, 2.75) is 57.5 Å². The molecule has 0 atom stereocenters. The lowest BCUT2D eigenvalue weighted by molar-refractivity contribution is -0.118. The van der Waals surface area contributed by atoms with E-state index in [1.165, 1.54) is 12.2 Å². The Hall–Kier alpha value is -1.58. The fourth-order valence-corrected chi connectivity index (χ4v) is 2.92. The van der Waals surface area contributed by atoms with Crippen molar-refractivity contribution in [3.63, 3.8) is 0 Å². The Morgan fingerprint density at radius 1 is 1.15 bits per heavy atom. The van der Waals surface area contributed by atoms with Gasteiger partial charge >= 0.3 is 0 Å². The summed E-state index contributed by atoms with van der Waals surface area (Å²) in [6.07, 6.45) is 6.37. The molecule has 0 aromatic heterocycles. The molecule has 4 heteroatoms. The van der Waals surface area contributed by atoms with Crippen LogP contribution in [0, 0.1) is 5.92 Å². The zero-order chi connectivity index (χ0) is 15.4. The van der Waals surface area contributed by atoms with E-state index in [0.717, 1.165) is 25.7 Å². The summed E-state index contributed by atoms with van der Waals surface area (Å²) in [4.78, 5) is 22.9. The van der Waals surface area contributed by atoms with Crippen LogP contribution in [-0.4, -0.2) is 22.9 Å². The molecule has 0 aromatic carbocycles. The maximum Gasteiger partial charge on any atom is 0.243 e. The first kappa shape index (κ1) is 16.5. The lowest BCUT2D eigenvalue weighted by Crippen LogP contribution is -2.54. The molecule has 0 bridgehead atoms. The molecule has 1 aliphatic carbocycles. The van der Waals surface area contributed by atoms with Crippen LogP contribution >= 0.6 is 0 Å². The van der Waals surface area contributed by atoms with E-state index in [1.54, 1.807) is 0 Å². The SMILES string of the molecule is C=CC(=O)NC1(C)CCC(C(C)(C)NC(=O)C=C)CC1. The highest BCUT2D eigenvalue weighted by Crippen LogP contribution is 2.37. The van der Waals surface area contributed by atoms with Crippen molar-refractivity contribution in [1.29, 1.82) is 0 Å². The molecule has 1 saturated carbocycles. The first-order valence-electron chi connectivity index (χ1n) is 7.11. The van der Waals surface area contributed by atoms with Crippen LogP contribution < -0.4 is 10.6 Å². The van der Waals surface area contributed by atoms with Crippen molar-refractivity contribution in [2.75, 3.05) is 0 Å². The summed E-state index contributed by atoms with van der Waals surface area (Å²) < 4.78 is 0. The van der Waals surface area contributed by atoms with Gasteiger partial charge in [-0.3, -0.25) is 9.59 Å². The quantitative estimate of drug-likeness (QED) is 0.758. The summed E-state index contributed by atoms with van der Waals surface area (Å²) in [7, 11) is 0. The Morgan fingerprint density at radius 2 is 1.65 bits per heavy atom. The Kier molecular flexibility index (Phi) is 5.15. The summed E-state index contributed by atoms with van der Waals surface area (Å²) in [6.45, 7) is 13.1. The standard InChI is InChI=1S/C16H26N2O2/c1-6-13(19)17-15(3,4)12-8-10-16(5,11-9-12)18-14(20)7-2/h6-7,12H,1-2,8-11H2,3-5H3,(H,17,19)(H,18,20). The smallest absolute Gasteiger partial charge is 0.243 e. The lowest BCUT2D eigenvalue weighted by Gasteiger charge is -2.44. The molecule has 0 aliphatic heterocycles. The molecule has 20 heavy (non-hydrogen) atoms. The highest BCUT2D eigenvalue weighted by atomic mass is 16.2. The van der Waals surface area contributed by atoms with Crippen molar-refractivity contribution >= 4 is 11.8 Å². The van der Waals surface area contributed by atoms with Crippen LogP contribution in [0.1, 0.15) is 46.5 Å². The zero-order valence-corrected chi connectivity index (χ0v) is 12.8. The summed E-state index contributed by atoms with van der Waals surface area (Å²) in [5.74, 6) is 0.147. The Labute approximate surface area is 121 Å². The molecule has 1 aliphatic rings. The minimum absolute atomic E-state index is 0.120. The number of nitrogens with one attached hydrogen (secondary N) is 2. The van der Waals surface area contributed by atoms with Crippen molar-refractivity contribution in [3.8, 4) is 0 Å². The van der Waals surface area contributed by atoms with E-state index in [0.29, 0.717) is 5.92 Å². The maximum atomic E-state index is 11.5. The molecule has 4 nitrogen and oxygen atoms in total. The third-order valence-corrected chi connectivity index (χ3v) is 4.35. The predicted molar refractivity (Wildman–Crippen MR) is 81.1 cm³/mol. The maximum absolute atomic E-state index is 11.5. The number of rotatable bonds is 5. The van der Waals surface area contributed by atoms with E-state index in [4.69, 9.17) is 0 Å². The fourth-order valence-electron chi connectivity index (χ4n) is 2.92. The van der Waals surface area contributed by atoms with Crippen LogP contribution in [0.25, 0.3) is 0 Å². The van der Waals surface area contributed by atoms with Crippen LogP contribution in [0.15, 0.2) is 25.3 Å². The average molecular weight is 278 g/mol. The van der Waals surface area contributed by atoms with Gasteiger partial charge in [0, 0.05) is 11.1 Å². The van der Waals surface area contributed by atoms with Crippen LogP contribution in [0.4, 0.5) is 0 Å². The Morgan fingerprint density at radius 3 is 2.10 bits per heavy atom. The lowest BCUT2D eigenvalue weighted by atomic mass is 9.70. The van der Waals surface area contributed by atoms with Crippen molar-refractivity contribution < 1.29 is 9.59 Å². The molecular formula is C16H26N2O2. The number of carbonyl (C=O) groups excluding carboxylic acids is 2. The largest absolute Gasteiger partial charge is 0.347 e. The molecule has 2 N–H and O–H groups in total. The van der Waals surface area contributed by atoms with Gasteiger partial charge in [0.15, 0.2) is 0 Å². The molecule has 112 valence electrons. The normalized spacial score (nSPS) is 26.4. The van der Waals surface area contributed by atoms with Gasteiger partial charge in [-0.15, -0.1) is 0 Å². The first-order chi connectivity index (χ1) is 9.22. The van der Waals surface area contributed by atoms with Crippen molar-refractivity contribution in [2.24, 2.45) is 5.92 Å². The van der Waals surface area contributed by atoms with Gasteiger partial charge < -0.3 is 10.6 Å². The average Bonchev–Trinajstić information content (AvgIpc) is 2.38. The highest BCUT2D eigenvalue weighted by Gasteiger charge is 2.38. The molecule has 1 fully saturated rings. The molecule has 0 spiro atoms. The van der Waals surface area contributed by atoms with E-state index < -0.39 is 0 Å². The van der Waals surface area contributed by atoms with Crippen molar-refractivity contribution in [3.05, 3.63) is 25.3 Å². The fraction of sp³-hybridized carbons (Fsp3) is 0.625. The highest BCUT2D eigenvalue weighted by molar-refractivity contribution is 5.87. The van der Waals surface area contributed by atoms with E-state index in [2.05, 4.69) is 30.7 Å². The molecule has 0 saturated heterocycles. The number of hydrogen-bond donors (Lipinski definition) is 2. The number of hydrogen-bond acceptors (Lipinski definition) is 2. The first-order valence-corrected chi connectivity index (χ1v) is 7.11. The summed E-state index contributed by atoms with van der Waals surface area (Å²) in [6, 6.07) is 0. The molecular weight excluding hydrogens is 252 g/mol. The van der Waals surface area contributed by atoms with Crippen LogP contribution in [0.5, 0.6) is 0 Å². The van der Waals surface area contributed by atoms with E-state index in [-0.39, 0.29) is 22.9 Å². The topological polar surface area (TPSA) is 58.2 Å². The second kappa shape index (κ2) is 6.25.